The molecule has 0 saturated heterocycles. The van der Waals surface area contributed by atoms with E-state index in [2.05, 4.69) is 15.0 Å². The molecule has 168 valence electrons. The van der Waals surface area contributed by atoms with Crippen LogP contribution in [0.4, 0.5) is 11.4 Å². The lowest BCUT2D eigenvalue weighted by Crippen LogP contribution is -2.17. The molecule has 3 aromatic rings. The fourth-order valence-electron chi connectivity index (χ4n) is 3.39. The van der Waals surface area contributed by atoms with Crippen LogP contribution in [0.15, 0.2) is 47.4 Å². The first-order valence-electron chi connectivity index (χ1n) is 9.51. The Hall–Kier alpha value is -3.30. The van der Waals surface area contributed by atoms with Gasteiger partial charge in [0.05, 0.1) is 7.11 Å². The molecule has 0 atom stereocenters. The molecule has 3 N–H and O–H groups in total. The number of aromatic amines is 1. The smallest absolute Gasteiger partial charge is 0.272 e. The van der Waals surface area contributed by atoms with E-state index in [0.717, 1.165) is 0 Å². The molecular weight excluding hydrogens is 454 g/mol. The minimum Gasteiger partial charge on any atom is -0.495 e. The standard InChI is InChI=1S/C22H22ClN3O5S/c1-12-20(14(3)27)13(2)24-21(12)22(28)25-17-9-10-18(31-4)19(11-17)32(29,30)26-16-7-5-15(23)6-8-16/h5-11,24,26H,1-4H3,(H,25,28). The van der Waals surface area contributed by atoms with Gasteiger partial charge in [0.15, 0.2) is 5.78 Å². The Kier molecular flexibility index (Phi) is 6.61. The number of H-pyrrole nitrogens is 1. The Morgan fingerprint density at radius 2 is 1.66 bits per heavy atom. The molecule has 0 aliphatic rings. The van der Waals surface area contributed by atoms with E-state index in [4.69, 9.17) is 16.3 Å². The first-order chi connectivity index (χ1) is 15.0. The van der Waals surface area contributed by atoms with Gasteiger partial charge in [-0.2, -0.15) is 0 Å². The van der Waals surface area contributed by atoms with Crippen LogP contribution in [0.1, 0.15) is 39.0 Å². The molecule has 0 saturated carbocycles. The molecule has 1 heterocycles. The summed E-state index contributed by atoms with van der Waals surface area (Å²) in [7, 11) is -2.69. The van der Waals surface area contributed by atoms with E-state index in [1.54, 1.807) is 26.0 Å². The molecule has 0 aliphatic carbocycles. The van der Waals surface area contributed by atoms with Crippen LogP contribution in [0.3, 0.4) is 0 Å². The number of Topliss-reactive ketones (excluding diaryl/α,β-unsaturated/α-hetero) is 1. The summed E-state index contributed by atoms with van der Waals surface area (Å²) >= 11 is 5.85. The van der Waals surface area contributed by atoms with Crippen molar-refractivity contribution >= 4 is 44.7 Å². The van der Waals surface area contributed by atoms with Gasteiger partial charge in [-0.1, -0.05) is 11.6 Å². The van der Waals surface area contributed by atoms with Gasteiger partial charge >= 0.3 is 0 Å². The molecule has 0 radical (unpaired) electrons. The van der Waals surface area contributed by atoms with Gasteiger partial charge in [0, 0.05) is 27.7 Å². The van der Waals surface area contributed by atoms with Crippen LogP contribution in [-0.2, 0) is 10.0 Å². The Bertz CT molecular complexity index is 1300. The van der Waals surface area contributed by atoms with Crippen molar-refractivity contribution in [2.45, 2.75) is 25.7 Å². The van der Waals surface area contributed by atoms with Crippen molar-refractivity contribution in [1.29, 1.82) is 0 Å². The van der Waals surface area contributed by atoms with Crippen molar-refractivity contribution in [3.8, 4) is 5.75 Å². The first-order valence-corrected chi connectivity index (χ1v) is 11.4. The number of aromatic nitrogens is 1. The van der Waals surface area contributed by atoms with Gasteiger partial charge in [-0.25, -0.2) is 8.42 Å². The van der Waals surface area contributed by atoms with Crippen molar-refractivity contribution in [1.82, 2.24) is 4.98 Å². The number of carbonyl (C=O) groups is 2. The molecule has 0 spiro atoms. The van der Waals surface area contributed by atoms with Crippen molar-refractivity contribution in [3.63, 3.8) is 0 Å². The number of anilines is 2. The van der Waals surface area contributed by atoms with Crippen molar-refractivity contribution in [3.05, 3.63) is 70.0 Å². The van der Waals surface area contributed by atoms with Gasteiger partial charge in [-0.05, 0) is 68.8 Å². The molecule has 0 fully saturated rings. The van der Waals surface area contributed by atoms with Crippen LogP contribution in [0, 0.1) is 13.8 Å². The molecular formula is C22H22ClN3O5S. The summed E-state index contributed by atoms with van der Waals surface area (Å²) in [5, 5.41) is 3.14. The quantitative estimate of drug-likeness (QED) is 0.433. The van der Waals surface area contributed by atoms with Gasteiger partial charge in [-0.3, -0.25) is 14.3 Å². The fraction of sp³-hybridized carbons (Fsp3) is 0.182. The Labute approximate surface area is 191 Å². The summed E-state index contributed by atoms with van der Waals surface area (Å²) in [6, 6.07) is 10.4. The fourth-order valence-corrected chi connectivity index (χ4v) is 4.77. The molecule has 3 rings (SSSR count). The van der Waals surface area contributed by atoms with Gasteiger partial charge in [0.25, 0.3) is 15.9 Å². The molecule has 32 heavy (non-hydrogen) atoms. The first kappa shape index (κ1) is 23.4. The zero-order chi connectivity index (χ0) is 23.6. The summed E-state index contributed by atoms with van der Waals surface area (Å²) in [6.07, 6.45) is 0. The zero-order valence-corrected chi connectivity index (χ0v) is 19.4. The summed E-state index contributed by atoms with van der Waals surface area (Å²) in [6.45, 7) is 4.81. The highest BCUT2D eigenvalue weighted by Gasteiger charge is 2.23. The van der Waals surface area contributed by atoms with Crippen molar-refractivity contribution in [2.24, 2.45) is 0 Å². The zero-order valence-electron chi connectivity index (χ0n) is 17.9. The normalized spacial score (nSPS) is 11.2. The number of halogens is 1. The number of methoxy groups -OCH3 is 1. The van der Waals surface area contributed by atoms with Crippen LogP contribution in [-0.4, -0.2) is 32.2 Å². The molecule has 0 bridgehead atoms. The average Bonchev–Trinajstić information content (AvgIpc) is 3.03. The lowest BCUT2D eigenvalue weighted by atomic mass is 10.1. The predicted molar refractivity (Wildman–Crippen MR) is 123 cm³/mol. The second-order valence-corrected chi connectivity index (χ2v) is 9.20. The maximum Gasteiger partial charge on any atom is 0.272 e. The van der Waals surface area contributed by atoms with Crippen molar-refractivity contribution in [2.75, 3.05) is 17.1 Å². The third kappa shape index (κ3) is 4.79. The lowest BCUT2D eigenvalue weighted by Gasteiger charge is -2.14. The number of hydrogen-bond donors (Lipinski definition) is 3. The number of ether oxygens (including phenoxy) is 1. The molecule has 1 amide bonds. The van der Waals surface area contributed by atoms with Gasteiger partial charge in [0.1, 0.15) is 16.3 Å². The molecule has 0 aliphatic heterocycles. The molecule has 0 unspecified atom stereocenters. The summed E-state index contributed by atoms with van der Waals surface area (Å²) < 4.78 is 33.6. The number of benzene rings is 2. The summed E-state index contributed by atoms with van der Waals surface area (Å²) in [5.41, 5.74) is 2.36. The molecule has 10 heteroatoms. The van der Waals surface area contributed by atoms with E-state index in [1.165, 1.54) is 44.4 Å². The van der Waals surface area contributed by atoms with Gasteiger partial charge in [-0.15, -0.1) is 0 Å². The number of carbonyl (C=O) groups excluding carboxylic acids is 2. The van der Waals surface area contributed by atoms with Crippen LogP contribution >= 0.6 is 11.6 Å². The second kappa shape index (κ2) is 9.05. The third-order valence-corrected chi connectivity index (χ3v) is 6.48. The minimum atomic E-state index is -4.04. The van der Waals surface area contributed by atoms with Crippen LogP contribution in [0.5, 0.6) is 5.75 Å². The maximum atomic E-state index is 13.0. The Morgan fingerprint density at radius 3 is 2.22 bits per heavy atom. The maximum absolute atomic E-state index is 13.0. The Morgan fingerprint density at radius 1 is 1.03 bits per heavy atom. The SMILES string of the molecule is COc1ccc(NC(=O)c2[nH]c(C)c(C(C)=O)c2C)cc1S(=O)(=O)Nc1ccc(Cl)cc1. The predicted octanol–water partition coefficient (Wildman–Crippen LogP) is 4.55. The highest BCUT2D eigenvalue weighted by molar-refractivity contribution is 7.92. The minimum absolute atomic E-state index is 0.107. The van der Waals surface area contributed by atoms with E-state index in [-0.39, 0.29) is 27.8 Å². The third-order valence-electron chi connectivity index (χ3n) is 4.82. The summed E-state index contributed by atoms with van der Waals surface area (Å²) in [5.74, 6) is -0.547. The highest BCUT2D eigenvalue weighted by Crippen LogP contribution is 2.30. The number of aryl methyl sites for hydroxylation is 1. The highest BCUT2D eigenvalue weighted by atomic mass is 35.5. The largest absolute Gasteiger partial charge is 0.495 e. The lowest BCUT2D eigenvalue weighted by molar-refractivity contribution is 0.101. The number of sulfonamides is 1. The van der Waals surface area contributed by atoms with E-state index < -0.39 is 15.9 Å². The van der Waals surface area contributed by atoms with E-state index in [0.29, 0.717) is 27.5 Å². The average molecular weight is 476 g/mol. The van der Waals surface area contributed by atoms with Gasteiger partial charge < -0.3 is 15.0 Å². The van der Waals surface area contributed by atoms with E-state index >= 15 is 0 Å². The van der Waals surface area contributed by atoms with Crippen LogP contribution in [0.25, 0.3) is 0 Å². The molecule has 8 nitrogen and oxygen atoms in total. The number of amides is 1. The molecule has 2 aromatic carbocycles. The van der Waals surface area contributed by atoms with E-state index in [9.17, 15) is 18.0 Å². The summed E-state index contributed by atoms with van der Waals surface area (Å²) in [4.78, 5) is 27.4. The number of hydrogen-bond acceptors (Lipinski definition) is 5. The Balaban J connectivity index is 1.92. The van der Waals surface area contributed by atoms with Gasteiger partial charge in [0.2, 0.25) is 0 Å². The number of rotatable bonds is 7. The molecule has 1 aromatic heterocycles. The second-order valence-electron chi connectivity index (χ2n) is 7.11. The van der Waals surface area contributed by atoms with Crippen LogP contribution < -0.4 is 14.8 Å². The van der Waals surface area contributed by atoms with Crippen LogP contribution in [0.2, 0.25) is 5.02 Å². The number of nitrogens with one attached hydrogen (secondary N) is 3. The number of ketones is 1. The monoisotopic (exact) mass is 475 g/mol. The van der Waals surface area contributed by atoms with Crippen molar-refractivity contribution < 1.29 is 22.7 Å². The topological polar surface area (TPSA) is 117 Å². The van der Waals surface area contributed by atoms with E-state index in [1.807, 2.05) is 0 Å².